The fourth-order valence-electron chi connectivity index (χ4n) is 0.432. The summed E-state index contributed by atoms with van der Waals surface area (Å²) in [6.07, 6.45) is -1.61. The van der Waals surface area contributed by atoms with Crippen LogP contribution in [0.15, 0.2) is 0 Å². The van der Waals surface area contributed by atoms with Crippen LogP contribution in [0.25, 0.3) is 0 Å². The summed E-state index contributed by atoms with van der Waals surface area (Å²) in [6, 6.07) is 0. The Morgan fingerprint density at radius 2 is 2.09 bits per heavy atom. The van der Waals surface area contributed by atoms with Crippen LogP contribution >= 0.6 is 0 Å². The molecule has 5 heteroatoms. The van der Waals surface area contributed by atoms with Gasteiger partial charge < -0.3 is 25.7 Å². The van der Waals surface area contributed by atoms with Crippen molar-refractivity contribution in [3.8, 4) is 0 Å². The van der Waals surface area contributed by atoms with E-state index in [4.69, 9.17) is 4.74 Å². The molecular formula is C6H10F2O2Rf-2. The van der Waals surface area contributed by atoms with E-state index in [9.17, 15) is 8.78 Å². The van der Waals surface area contributed by atoms with Crippen molar-refractivity contribution in [2.24, 2.45) is 0 Å². The quantitative estimate of drug-likeness (QED) is 0.506. The summed E-state index contributed by atoms with van der Waals surface area (Å²) in [6.45, 7) is 0.380. The van der Waals surface area contributed by atoms with Crippen LogP contribution in [-0.4, -0.2) is 25.9 Å². The summed E-state index contributed by atoms with van der Waals surface area (Å²) < 4.78 is 31.7. The fraction of sp³-hybridized carbons (Fsp3) is 0.667. The third-order valence-corrected chi connectivity index (χ3v) is 0.917. The molecule has 0 saturated carbocycles. The second-order valence-electron chi connectivity index (χ2n) is 1.81. The smallest absolute Gasteiger partial charge is 0.104 e. The van der Waals surface area contributed by atoms with E-state index in [1.54, 1.807) is 0 Å². The Labute approximate surface area is 59.1 Å². The van der Waals surface area contributed by atoms with Gasteiger partial charge in [0, 0.05) is 6.43 Å². The normalized spacial score (nSPS) is 20.5. The van der Waals surface area contributed by atoms with E-state index in [0.717, 1.165) is 0 Å². The predicted octanol–water partition coefficient (Wildman–Crippen LogP) is 1.28. The molecule has 1 fully saturated rings. The summed E-state index contributed by atoms with van der Waals surface area (Å²) in [5, 5.41) is 0. The molecule has 1 aliphatic heterocycles. The molecule has 0 amide bonds. The first kappa shape index (κ1) is 12.5. The number of rotatable bonds is 4. The van der Waals surface area contributed by atoms with Crippen molar-refractivity contribution < 1.29 is 18.3 Å². The molecule has 2 nitrogen and oxygen atoms in total. The Morgan fingerprint density at radius 1 is 1.55 bits per heavy atom. The average Bonchev–Trinajstić information content (AvgIpc) is 2.48. The van der Waals surface area contributed by atoms with Crippen molar-refractivity contribution >= 4 is 0 Å². The Morgan fingerprint density at radius 3 is 2.45 bits per heavy atom. The van der Waals surface area contributed by atoms with Gasteiger partial charge in [-0.3, -0.25) is 0 Å². The van der Waals surface area contributed by atoms with Gasteiger partial charge in [0.2, 0.25) is 0 Å². The van der Waals surface area contributed by atoms with Crippen LogP contribution in [0.2, 0.25) is 0 Å². The molecular weight excluding hydrogens is 409 g/mol. The Hall–Kier alpha value is -1.22. The van der Waals surface area contributed by atoms with E-state index in [2.05, 4.69) is 4.74 Å². The van der Waals surface area contributed by atoms with E-state index in [-0.39, 0.29) is 20.1 Å². The second kappa shape index (κ2) is 5.56. The number of hydrogen-bond acceptors (Lipinski definition) is 2. The van der Waals surface area contributed by atoms with Crippen molar-refractivity contribution in [2.45, 2.75) is 6.10 Å². The van der Waals surface area contributed by atoms with Crippen LogP contribution in [0.1, 0.15) is 0 Å². The van der Waals surface area contributed by atoms with E-state index in [1.807, 2.05) is 0 Å². The number of epoxide rings is 1. The number of hydrogen-bond donors (Lipinski definition) is 0. The van der Waals surface area contributed by atoms with Gasteiger partial charge in [0.1, 0.15) is 6.10 Å². The molecule has 0 bridgehead atoms. The van der Waals surface area contributed by atoms with E-state index in [0.29, 0.717) is 6.61 Å². The molecule has 64 valence electrons. The molecule has 0 spiro atoms. The van der Waals surface area contributed by atoms with Crippen LogP contribution in [0, 0.1) is 13.9 Å². The minimum atomic E-state index is -1.68. The predicted molar refractivity (Wildman–Crippen MR) is 32.4 cm³/mol. The minimum absolute atomic E-state index is 0. The molecule has 1 saturated heterocycles. The van der Waals surface area contributed by atoms with Gasteiger partial charge in [-0.05, 0) is 6.61 Å². The van der Waals surface area contributed by atoms with Crippen molar-refractivity contribution in [3.05, 3.63) is 13.9 Å². The minimum Gasteiger partial charge on any atom is -0.419 e. The third-order valence-electron chi connectivity index (χ3n) is 0.917. The largest absolute Gasteiger partial charge is 0.419 e. The zero-order chi connectivity index (χ0) is 6.69. The molecule has 1 unspecified atom stereocenters. The Bertz CT molecular complexity index is 86.7. The zero-order valence-corrected chi connectivity index (χ0v) is 12.9. The molecule has 11 heavy (non-hydrogen) atoms. The average molecular weight is 419 g/mol. The van der Waals surface area contributed by atoms with Gasteiger partial charge in [-0.1, -0.05) is 0 Å². The second-order valence-corrected chi connectivity index (χ2v) is 1.81. The molecule has 0 aromatic rings. The van der Waals surface area contributed by atoms with E-state index >= 15 is 0 Å². The number of ether oxygens (including phenoxy) is 2. The summed E-state index contributed by atoms with van der Waals surface area (Å²) in [5.74, 6) is 0. The maximum atomic E-state index is 11.3. The Balaban J connectivity index is 0. The first-order valence-corrected chi connectivity index (χ1v) is 2.65. The molecule has 1 rings (SSSR count). The van der Waals surface area contributed by atoms with Crippen molar-refractivity contribution in [1.29, 1.82) is 0 Å². The first-order valence-electron chi connectivity index (χ1n) is 2.65. The number of halogens is 2. The molecule has 1 heterocycles. The standard InChI is InChI=1S/C5H7F2O2.CH3.Rf/c6-5(7)3-8-1-4-2-9-4;;/h4H,1-3H2;1H3;/q2*-1;. The van der Waals surface area contributed by atoms with Crippen LogP contribution in [-0.2, 0) is 9.47 Å². The van der Waals surface area contributed by atoms with E-state index < -0.39 is 13.0 Å². The van der Waals surface area contributed by atoms with Crippen LogP contribution < -0.4 is 0 Å². The molecule has 1 atom stereocenters. The monoisotopic (exact) mass is 419 g/mol. The maximum absolute atomic E-state index is 11.3. The maximum Gasteiger partial charge on any atom is 0.104 e. The van der Waals surface area contributed by atoms with Crippen LogP contribution in [0.4, 0.5) is 8.78 Å². The molecule has 1 aliphatic rings. The van der Waals surface area contributed by atoms with Crippen LogP contribution in [0.3, 0.4) is 0 Å². The van der Waals surface area contributed by atoms with Crippen molar-refractivity contribution in [1.82, 2.24) is 0 Å². The van der Waals surface area contributed by atoms with Gasteiger partial charge in [0.25, 0.3) is 0 Å². The molecule has 0 N–H and O–H groups in total. The first-order chi connectivity index (χ1) is 4.29. The van der Waals surface area contributed by atoms with E-state index in [1.165, 1.54) is 0 Å². The topological polar surface area (TPSA) is 21.8 Å². The molecule has 0 aliphatic carbocycles. The fourth-order valence-corrected chi connectivity index (χ4v) is 0.432. The van der Waals surface area contributed by atoms with Crippen LogP contribution in [0.5, 0.6) is 0 Å². The molecule has 0 aromatic heterocycles. The SMILES string of the molecule is F[C-](F)COCC1CO1.[CH3-].[Rf]. The van der Waals surface area contributed by atoms with Gasteiger partial charge in [0.05, 0.1) is 13.2 Å². The molecule has 0 radical (unpaired) electrons. The Kier molecular flexibility index (Phi) is 6.29. The zero-order valence-electron chi connectivity index (χ0n) is 6.48. The summed E-state index contributed by atoms with van der Waals surface area (Å²) in [5.41, 5.74) is 0. The summed E-state index contributed by atoms with van der Waals surface area (Å²) in [4.78, 5) is 0. The van der Waals surface area contributed by atoms with Gasteiger partial charge in [-0.25, -0.2) is 0 Å². The molecule has 0 aromatic carbocycles. The van der Waals surface area contributed by atoms with Gasteiger partial charge in [-0.15, -0.1) is 0 Å². The summed E-state index contributed by atoms with van der Waals surface area (Å²) >= 11 is 0. The van der Waals surface area contributed by atoms with Gasteiger partial charge in [-0.2, -0.15) is 0 Å². The van der Waals surface area contributed by atoms with Gasteiger partial charge >= 0.3 is 0 Å². The van der Waals surface area contributed by atoms with Crippen molar-refractivity contribution in [3.63, 3.8) is 0 Å². The van der Waals surface area contributed by atoms with Crippen molar-refractivity contribution in [2.75, 3.05) is 19.8 Å². The van der Waals surface area contributed by atoms with Gasteiger partial charge in [0.15, 0.2) is 0 Å². The summed E-state index contributed by atoms with van der Waals surface area (Å²) in [7, 11) is 0. The third kappa shape index (κ3) is 6.67.